The van der Waals surface area contributed by atoms with Crippen molar-refractivity contribution in [2.45, 2.75) is 144 Å². The van der Waals surface area contributed by atoms with E-state index in [9.17, 15) is 20.4 Å². The van der Waals surface area contributed by atoms with E-state index in [0.29, 0.717) is 37.5 Å². The topological polar surface area (TPSA) is 80.9 Å². The Labute approximate surface area is 209 Å². The van der Waals surface area contributed by atoms with Gasteiger partial charge in [-0.25, -0.2) is 0 Å². The average Bonchev–Trinajstić information content (AvgIpc) is 3.04. The summed E-state index contributed by atoms with van der Waals surface area (Å²) in [6.45, 7) is 17.5. The summed E-state index contributed by atoms with van der Waals surface area (Å²) in [4.78, 5) is 0. The predicted octanol–water partition coefficient (Wildman–Crippen LogP) is 6.01. The van der Waals surface area contributed by atoms with E-state index in [2.05, 4.69) is 34.6 Å². The van der Waals surface area contributed by atoms with E-state index in [0.717, 1.165) is 32.1 Å². The van der Waals surface area contributed by atoms with Gasteiger partial charge in [-0.05, 0) is 112 Å². The first-order valence-corrected chi connectivity index (χ1v) is 14.1. The predicted molar refractivity (Wildman–Crippen MR) is 139 cm³/mol. The van der Waals surface area contributed by atoms with Gasteiger partial charge in [0.2, 0.25) is 0 Å². The van der Waals surface area contributed by atoms with Crippen LogP contribution in [-0.4, -0.2) is 44.3 Å². The van der Waals surface area contributed by atoms with Crippen LogP contribution in [0.15, 0.2) is 11.1 Å². The molecule has 0 aromatic heterocycles. The molecule has 0 amide bonds. The third-order valence-corrected chi connectivity index (χ3v) is 11.4. The zero-order chi connectivity index (χ0) is 25.7. The molecule has 0 aliphatic heterocycles. The van der Waals surface area contributed by atoms with Crippen molar-refractivity contribution < 1.29 is 20.4 Å². The van der Waals surface area contributed by atoms with Crippen molar-refractivity contribution in [2.24, 2.45) is 34.0 Å². The number of fused-ring (bicyclic) bond motifs is 2. The number of hydrogen-bond donors (Lipinski definition) is 4. The highest BCUT2D eigenvalue weighted by Gasteiger charge is 2.61. The summed E-state index contributed by atoms with van der Waals surface area (Å²) >= 11 is 0. The molecular formula is C30H54O4. The van der Waals surface area contributed by atoms with Gasteiger partial charge in [0.05, 0.1) is 23.9 Å². The molecular weight excluding hydrogens is 424 g/mol. The number of allylic oxidation sites excluding steroid dienone is 2. The standard InChI is InChI=1S/C30H54O4/c1-9-24(31)26(33)18-28(6)19(2)10-11-23-22(28)13-17-29(7)21(12-16-30(23,29)8)20(3)25(32)14-15-27(4,5)34/h19-21,24-26,31-34H,9-18H2,1-8H3/t19?,20-,21?,24+,25?,26+,28-,29+,30-/m0/s1. The number of rotatable bonds is 9. The van der Waals surface area contributed by atoms with Crippen molar-refractivity contribution in [3.8, 4) is 0 Å². The van der Waals surface area contributed by atoms with Crippen LogP contribution in [0.2, 0.25) is 0 Å². The maximum absolute atomic E-state index is 11.1. The zero-order valence-electron chi connectivity index (χ0n) is 23.3. The molecule has 0 aromatic rings. The molecule has 0 heterocycles. The Morgan fingerprint density at radius 3 is 2.18 bits per heavy atom. The third-order valence-electron chi connectivity index (χ3n) is 11.4. The molecule has 3 aliphatic carbocycles. The van der Waals surface area contributed by atoms with Crippen LogP contribution in [0.1, 0.15) is 120 Å². The minimum Gasteiger partial charge on any atom is -0.393 e. The lowest BCUT2D eigenvalue weighted by atomic mass is 9.47. The van der Waals surface area contributed by atoms with Gasteiger partial charge >= 0.3 is 0 Å². The van der Waals surface area contributed by atoms with Crippen molar-refractivity contribution in [2.75, 3.05) is 0 Å². The van der Waals surface area contributed by atoms with Crippen LogP contribution >= 0.6 is 0 Å². The van der Waals surface area contributed by atoms with Crippen molar-refractivity contribution in [1.82, 2.24) is 0 Å². The van der Waals surface area contributed by atoms with Crippen molar-refractivity contribution in [3.05, 3.63) is 11.1 Å². The molecule has 4 N–H and O–H groups in total. The average molecular weight is 479 g/mol. The van der Waals surface area contributed by atoms with Crippen molar-refractivity contribution >= 4 is 0 Å². The van der Waals surface area contributed by atoms with E-state index in [1.165, 1.54) is 6.42 Å². The summed E-state index contributed by atoms with van der Waals surface area (Å²) in [7, 11) is 0. The second kappa shape index (κ2) is 9.80. The summed E-state index contributed by atoms with van der Waals surface area (Å²) in [6.07, 6.45) is 7.59. The Hall–Kier alpha value is -0.420. The van der Waals surface area contributed by atoms with Gasteiger partial charge in [-0.1, -0.05) is 52.7 Å². The maximum Gasteiger partial charge on any atom is 0.0807 e. The highest BCUT2D eigenvalue weighted by Crippen LogP contribution is 2.70. The van der Waals surface area contributed by atoms with Crippen LogP contribution in [0.3, 0.4) is 0 Å². The molecule has 0 saturated heterocycles. The molecule has 1 saturated carbocycles. The Kier molecular flexibility index (Phi) is 8.12. The monoisotopic (exact) mass is 478 g/mol. The number of aliphatic hydroxyl groups is 4. The minimum atomic E-state index is -0.738. The largest absolute Gasteiger partial charge is 0.393 e. The van der Waals surface area contributed by atoms with Crippen LogP contribution in [0.4, 0.5) is 0 Å². The summed E-state index contributed by atoms with van der Waals surface area (Å²) in [5, 5.41) is 42.4. The van der Waals surface area contributed by atoms with Crippen LogP contribution in [0.5, 0.6) is 0 Å². The van der Waals surface area contributed by atoms with Crippen LogP contribution < -0.4 is 0 Å². The summed E-state index contributed by atoms with van der Waals surface area (Å²) in [5.74, 6) is 1.19. The lowest BCUT2D eigenvalue weighted by Gasteiger charge is -2.57. The highest BCUT2D eigenvalue weighted by molar-refractivity contribution is 5.37. The molecule has 0 radical (unpaired) electrons. The van der Waals surface area contributed by atoms with Gasteiger partial charge in [0, 0.05) is 0 Å². The van der Waals surface area contributed by atoms with Crippen LogP contribution in [-0.2, 0) is 0 Å². The Morgan fingerprint density at radius 2 is 1.59 bits per heavy atom. The fraction of sp³-hybridized carbons (Fsp3) is 0.933. The van der Waals surface area contributed by atoms with E-state index in [4.69, 9.17) is 0 Å². The molecule has 34 heavy (non-hydrogen) atoms. The van der Waals surface area contributed by atoms with Gasteiger partial charge in [0.25, 0.3) is 0 Å². The molecule has 198 valence electrons. The van der Waals surface area contributed by atoms with E-state index >= 15 is 0 Å². The Morgan fingerprint density at radius 1 is 0.941 bits per heavy atom. The Bertz CT molecular complexity index is 753. The second-order valence-electron chi connectivity index (χ2n) is 13.7. The van der Waals surface area contributed by atoms with E-state index in [-0.39, 0.29) is 28.3 Å². The van der Waals surface area contributed by atoms with E-state index < -0.39 is 17.8 Å². The maximum atomic E-state index is 11.1. The third kappa shape index (κ3) is 4.78. The van der Waals surface area contributed by atoms with Gasteiger partial charge in [0.15, 0.2) is 0 Å². The molecule has 4 heteroatoms. The Balaban J connectivity index is 1.90. The smallest absolute Gasteiger partial charge is 0.0807 e. The molecule has 0 spiro atoms. The lowest BCUT2D eigenvalue weighted by molar-refractivity contribution is -0.0338. The van der Waals surface area contributed by atoms with Crippen molar-refractivity contribution in [1.29, 1.82) is 0 Å². The summed E-state index contributed by atoms with van der Waals surface area (Å²) in [5.41, 5.74) is 2.70. The first-order valence-electron chi connectivity index (χ1n) is 14.1. The van der Waals surface area contributed by atoms with Crippen LogP contribution in [0, 0.1) is 34.0 Å². The fourth-order valence-corrected chi connectivity index (χ4v) is 8.36. The van der Waals surface area contributed by atoms with Gasteiger partial charge in [0.1, 0.15) is 0 Å². The first kappa shape index (κ1) is 28.2. The minimum absolute atomic E-state index is 0.0661. The molecule has 0 bridgehead atoms. The molecule has 3 aliphatic rings. The molecule has 0 aromatic carbocycles. The summed E-state index contributed by atoms with van der Waals surface area (Å²) < 4.78 is 0. The molecule has 1 fully saturated rings. The molecule has 9 atom stereocenters. The fourth-order valence-electron chi connectivity index (χ4n) is 8.36. The zero-order valence-corrected chi connectivity index (χ0v) is 23.3. The first-order chi connectivity index (χ1) is 15.6. The van der Waals surface area contributed by atoms with E-state index in [1.54, 1.807) is 11.1 Å². The second-order valence-corrected chi connectivity index (χ2v) is 13.7. The van der Waals surface area contributed by atoms with Gasteiger partial charge < -0.3 is 20.4 Å². The number of aliphatic hydroxyl groups excluding tert-OH is 3. The normalized spacial score (nSPS) is 39.9. The van der Waals surface area contributed by atoms with Gasteiger partial charge in [-0.2, -0.15) is 0 Å². The van der Waals surface area contributed by atoms with Crippen molar-refractivity contribution in [3.63, 3.8) is 0 Å². The summed E-state index contributed by atoms with van der Waals surface area (Å²) in [6, 6.07) is 0. The molecule has 4 nitrogen and oxygen atoms in total. The highest BCUT2D eigenvalue weighted by atomic mass is 16.3. The number of hydrogen-bond acceptors (Lipinski definition) is 4. The van der Waals surface area contributed by atoms with E-state index in [1.807, 2.05) is 20.8 Å². The molecule has 3 unspecified atom stereocenters. The van der Waals surface area contributed by atoms with Gasteiger partial charge in [-0.3, -0.25) is 0 Å². The molecule has 3 rings (SSSR count). The lowest BCUT2D eigenvalue weighted by Crippen LogP contribution is -2.49. The van der Waals surface area contributed by atoms with Gasteiger partial charge in [-0.15, -0.1) is 0 Å². The van der Waals surface area contributed by atoms with Crippen LogP contribution in [0.25, 0.3) is 0 Å². The SMILES string of the molecule is CC[C@@H](O)[C@H](O)C[C@]1(C)C2=C(CCC1C)[C@]1(C)CCC([C@H](C)C(O)CCC(C)(C)O)[C@@]1(C)CC2. The quantitative estimate of drug-likeness (QED) is 0.306.